The van der Waals surface area contributed by atoms with Gasteiger partial charge < -0.3 is 9.80 Å². The van der Waals surface area contributed by atoms with E-state index < -0.39 is 0 Å². The Bertz CT molecular complexity index is 566. The van der Waals surface area contributed by atoms with Crippen molar-refractivity contribution in [3.63, 3.8) is 0 Å². The predicted octanol–water partition coefficient (Wildman–Crippen LogP) is -3.04. The average Bonchev–Trinajstić information content (AvgIpc) is 3.44. The third kappa shape index (κ3) is 3.72. The van der Waals surface area contributed by atoms with Crippen LogP contribution in [0.15, 0.2) is 0 Å². The smallest absolute Gasteiger partial charge is 0.312 e. The van der Waals surface area contributed by atoms with Crippen LogP contribution in [0.1, 0.15) is 0 Å². The quantitative estimate of drug-likeness (QED) is 0.314. The van der Waals surface area contributed by atoms with Gasteiger partial charge in [-0.25, -0.2) is 9.59 Å². The van der Waals surface area contributed by atoms with Gasteiger partial charge in [0.05, 0.1) is 25.4 Å². The zero-order valence-electron chi connectivity index (χ0n) is 13.7. The van der Waals surface area contributed by atoms with Crippen LogP contribution < -0.4 is 16.0 Å². The lowest BCUT2D eigenvalue weighted by atomic mass is 10.3. The molecule has 0 radical (unpaired) electrons. The fraction of sp³-hybridized carbons (Fsp3) is 0.714. The topological polar surface area (TPSA) is 117 Å². The molecular weight excluding hydrogens is 330 g/mol. The minimum atomic E-state index is -0.369. The summed E-state index contributed by atoms with van der Waals surface area (Å²) in [6, 6.07) is -0.738. The number of imide groups is 2. The van der Waals surface area contributed by atoms with E-state index in [1.807, 2.05) is 0 Å². The number of nitrogens with one attached hydrogen (secondary N) is 3. The van der Waals surface area contributed by atoms with Crippen LogP contribution in [-0.2, 0) is 9.59 Å². The molecule has 11 nitrogen and oxygen atoms in total. The summed E-state index contributed by atoms with van der Waals surface area (Å²) >= 11 is 0. The zero-order valence-corrected chi connectivity index (χ0v) is 13.7. The van der Waals surface area contributed by atoms with Gasteiger partial charge >= 0.3 is 12.1 Å². The van der Waals surface area contributed by atoms with Gasteiger partial charge in [0, 0.05) is 26.2 Å². The molecule has 6 amide bonds. The summed E-state index contributed by atoms with van der Waals surface area (Å²) in [5.41, 5.74) is 0. The van der Waals surface area contributed by atoms with Crippen LogP contribution in [0.2, 0.25) is 0 Å². The van der Waals surface area contributed by atoms with E-state index in [9.17, 15) is 19.2 Å². The van der Waals surface area contributed by atoms with Crippen molar-refractivity contribution in [1.82, 2.24) is 35.6 Å². The Kier molecular flexibility index (Phi) is 4.06. The largest absolute Gasteiger partial charge is 0.324 e. The van der Waals surface area contributed by atoms with Crippen LogP contribution in [0.25, 0.3) is 0 Å². The number of amides is 6. The van der Waals surface area contributed by atoms with E-state index in [-0.39, 0.29) is 49.3 Å². The third-order valence-electron chi connectivity index (χ3n) is 4.75. The summed E-state index contributed by atoms with van der Waals surface area (Å²) in [5, 5.41) is 8.05. The van der Waals surface area contributed by atoms with E-state index in [2.05, 4.69) is 25.8 Å². The number of carbonyl (C=O) groups is 4. The number of nitrogens with zero attached hydrogens (tertiary/aromatic N) is 4. The molecule has 4 heterocycles. The highest BCUT2D eigenvalue weighted by molar-refractivity contribution is 6.02. The highest BCUT2D eigenvalue weighted by Gasteiger charge is 2.39. The first-order valence-electron chi connectivity index (χ1n) is 8.41. The molecule has 2 unspecified atom stereocenters. The molecule has 4 aliphatic heterocycles. The lowest BCUT2D eigenvalue weighted by molar-refractivity contribution is -0.119. The molecule has 0 spiro atoms. The molecule has 4 rings (SSSR count). The predicted molar refractivity (Wildman–Crippen MR) is 84.1 cm³/mol. The van der Waals surface area contributed by atoms with Gasteiger partial charge in [-0.1, -0.05) is 0 Å². The second-order valence-corrected chi connectivity index (χ2v) is 6.74. The normalized spacial score (nSPS) is 26.1. The van der Waals surface area contributed by atoms with E-state index in [0.717, 1.165) is 26.2 Å². The molecule has 25 heavy (non-hydrogen) atoms. The molecule has 0 aromatic heterocycles. The molecule has 136 valence electrons. The molecule has 2 atom stereocenters. The van der Waals surface area contributed by atoms with Crippen LogP contribution in [0.3, 0.4) is 0 Å². The number of hydrogen-bond acceptors (Lipinski definition) is 7. The SMILES string of the molecule is O=C1CN(CC(NC(CN2CC(=O)NC2=O)N2CC2)N2CC2)C(=O)N1. The monoisotopic (exact) mass is 351 g/mol. The Balaban J connectivity index is 1.39. The maximum atomic E-state index is 11.8. The van der Waals surface area contributed by atoms with Gasteiger partial charge in [-0.05, 0) is 0 Å². The second-order valence-electron chi connectivity index (χ2n) is 6.74. The molecular formula is C14H21N7O4. The van der Waals surface area contributed by atoms with Gasteiger partial charge in [0.25, 0.3) is 0 Å². The Morgan fingerprint density at radius 2 is 1.16 bits per heavy atom. The van der Waals surface area contributed by atoms with Crippen molar-refractivity contribution in [3.05, 3.63) is 0 Å². The molecule has 0 aromatic rings. The maximum Gasteiger partial charge on any atom is 0.324 e. The van der Waals surface area contributed by atoms with Crippen LogP contribution >= 0.6 is 0 Å². The summed E-state index contributed by atoms with van der Waals surface area (Å²) in [7, 11) is 0. The Morgan fingerprint density at radius 1 is 0.760 bits per heavy atom. The van der Waals surface area contributed by atoms with E-state index in [1.165, 1.54) is 9.80 Å². The van der Waals surface area contributed by atoms with Gasteiger partial charge in [-0.3, -0.25) is 35.3 Å². The van der Waals surface area contributed by atoms with Gasteiger partial charge in [-0.15, -0.1) is 0 Å². The van der Waals surface area contributed by atoms with Gasteiger partial charge in [-0.2, -0.15) is 0 Å². The Labute approximate surface area is 144 Å². The number of rotatable bonds is 8. The van der Waals surface area contributed by atoms with Crippen molar-refractivity contribution < 1.29 is 19.2 Å². The summed E-state index contributed by atoms with van der Waals surface area (Å²) in [5.74, 6) is -0.575. The highest BCUT2D eigenvalue weighted by atomic mass is 16.2. The molecule has 0 aromatic carbocycles. The summed E-state index contributed by atoms with van der Waals surface area (Å²) in [6.45, 7) is 4.64. The first kappa shape index (κ1) is 16.2. The van der Waals surface area contributed by atoms with Crippen LogP contribution in [0.4, 0.5) is 9.59 Å². The fourth-order valence-corrected chi connectivity index (χ4v) is 3.19. The highest BCUT2D eigenvalue weighted by Crippen LogP contribution is 2.17. The standard InChI is InChI=1S/C14H21N7O4/c22-11-7-20(13(24)16-11)5-9(18-1-2-18)15-10(19-3-4-19)6-21-8-12(23)17-14(21)25/h9-10,15H,1-8H2,(H,16,22,24)(H,17,23,25). The molecule has 4 saturated heterocycles. The lowest BCUT2D eigenvalue weighted by Gasteiger charge is -2.31. The van der Waals surface area contributed by atoms with Crippen LogP contribution in [-0.4, -0.2) is 108 Å². The van der Waals surface area contributed by atoms with Crippen LogP contribution in [0, 0.1) is 0 Å². The number of carbonyl (C=O) groups excluding carboxylic acids is 4. The van der Waals surface area contributed by atoms with Crippen molar-refractivity contribution >= 4 is 23.9 Å². The maximum absolute atomic E-state index is 11.8. The molecule has 4 fully saturated rings. The molecule has 3 N–H and O–H groups in total. The molecule has 0 bridgehead atoms. The van der Waals surface area contributed by atoms with E-state index in [0.29, 0.717) is 13.1 Å². The van der Waals surface area contributed by atoms with E-state index >= 15 is 0 Å². The molecule has 4 aliphatic rings. The van der Waals surface area contributed by atoms with Crippen molar-refractivity contribution in [2.24, 2.45) is 0 Å². The van der Waals surface area contributed by atoms with Gasteiger partial charge in [0.15, 0.2) is 0 Å². The van der Waals surface area contributed by atoms with E-state index in [4.69, 9.17) is 0 Å². The zero-order chi connectivity index (χ0) is 17.6. The summed E-state index contributed by atoms with van der Waals surface area (Å²) in [4.78, 5) is 53.6. The third-order valence-corrected chi connectivity index (χ3v) is 4.75. The number of hydrogen-bond donors (Lipinski definition) is 3. The Morgan fingerprint density at radius 3 is 1.44 bits per heavy atom. The van der Waals surface area contributed by atoms with Crippen LogP contribution in [0.5, 0.6) is 0 Å². The van der Waals surface area contributed by atoms with Crippen molar-refractivity contribution in [2.75, 3.05) is 52.4 Å². The van der Waals surface area contributed by atoms with Gasteiger partial charge in [0.1, 0.15) is 13.1 Å². The first-order chi connectivity index (χ1) is 12.0. The molecule has 0 aliphatic carbocycles. The van der Waals surface area contributed by atoms with Crippen molar-refractivity contribution in [3.8, 4) is 0 Å². The summed E-state index contributed by atoms with van der Waals surface area (Å²) < 4.78 is 0. The summed E-state index contributed by atoms with van der Waals surface area (Å²) in [6.07, 6.45) is -0.188. The Hall–Kier alpha value is -2.24. The molecule has 11 heteroatoms. The second kappa shape index (κ2) is 6.24. The van der Waals surface area contributed by atoms with Crippen molar-refractivity contribution in [2.45, 2.75) is 12.3 Å². The fourth-order valence-electron chi connectivity index (χ4n) is 3.19. The average molecular weight is 351 g/mol. The van der Waals surface area contributed by atoms with Crippen molar-refractivity contribution in [1.29, 1.82) is 0 Å². The minimum Gasteiger partial charge on any atom is -0.312 e. The minimum absolute atomic E-state index is 0.0717. The molecule has 0 saturated carbocycles. The lowest BCUT2D eigenvalue weighted by Crippen LogP contribution is -2.56. The number of urea groups is 2. The van der Waals surface area contributed by atoms with Gasteiger partial charge in [0.2, 0.25) is 11.8 Å². The first-order valence-corrected chi connectivity index (χ1v) is 8.41. The van der Waals surface area contributed by atoms with E-state index in [1.54, 1.807) is 0 Å².